The quantitative estimate of drug-likeness (QED) is 0.627. The van der Waals surface area contributed by atoms with Crippen molar-refractivity contribution < 1.29 is 8.78 Å². The van der Waals surface area contributed by atoms with Crippen molar-refractivity contribution in [3.8, 4) is 0 Å². The molecule has 0 fully saturated rings. The maximum atomic E-state index is 13.5. The highest BCUT2D eigenvalue weighted by molar-refractivity contribution is 5.20. The standard InChI is InChI=1S/C14H22F2N2/c1-14(2,3)8-7-10(18-17)9-11-12(15)5-4-6-13(11)16/h4-6,10,18H,7-9,17H2,1-3H3. The lowest BCUT2D eigenvalue weighted by Gasteiger charge is -2.23. The van der Waals surface area contributed by atoms with E-state index in [1.54, 1.807) is 0 Å². The number of rotatable bonds is 5. The van der Waals surface area contributed by atoms with Crippen molar-refractivity contribution >= 4 is 0 Å². The molecule has 0 aliphatic carbocycles. The maximum absolute atomic E-state index is 13.5. The summed E-state index contributed by atoms with van der Waals surface area (Å²) >= 11 is 0. The fourth-order valence-corrected chi connectivity index (χ4v) is 1.83. The molecular formula is C14H22F2N2. The zero-order chi connectivity index (χ0) is 13.8. The van der Waals surface area contributed by atoms with Crippen molar-refractivity contribution in [1.82, 2.24) is 5.43 Å². The number of hydrogen-bond acceptors (Lipinski definition) is 2. The molecule has 0 bridgehead atoms. The number of hydrogen-bond donors (Lipinski definition) is 2. The van der Waals surface area contributed by atoms with Gasteiger partial charge in [0.25, 0.3) is 0 Å². The van der Waals surface area contributed by atoms with Gasteiger partial charge >= 0.3 is 0 Å². The molecule has 0 amide bonds. The van der Waals surface area contributed by atoms with Crippen molar-refractivity contribution in [2.24, 2.45) is 11.3 Å². The Morgan fingerprint density at radius 2 is 1.78 bits per heavy atom. The SMILES string of the molecule is CC(C)(C)CCC(Cc1c(F)cccc1F)NN. The van der Waals surface area contributed by atoms with Crippen LogP contribution in [0.25, 0.3) is 0 Å². The van der Waals surface area contributed by atoms with Gasteiger partial charge in [-0.05, 0) is 36.8 Å². The zero-order valence-electron chi connectivity index (χ0n) is 11.3. The van der Waals surface area contributed by atoms with Gasteiger partial charge in [0, 0.05) is 11.6 Å². The molecule has 0 saturated carbocycles. The fourth-order valence-electron chi connectivity index (χ4n) is 1.83. The van der Waals surface area contributed by atoms with E-state index in [4.69, 9.17) is 5.84 Å². The molecule has 1 aromatic carbocycles. The molecule has 0 saturated heterocycles. The zero-order valence-corrected chi connectivity index (χ0v) is 11.3. The highest BCUT2D eigenvalue weighted by Crippen LogP contribution is 2.23. The molecule has 102 valence electrons. The van der Waals surface area contributed by atoms with Gasteiger partial charge in [-0.2, -0.15) is 0 Å². The molecule has 0 aliphatic rings. The Bertz CT molecular complexity index is 366. The molecule has 0 radical (unpaired) electrons. The van der Waals surface area contributed by atoms with Crippen LogP contribution in [0.4, 0.5) is 8.78 Å². The number of nitrogens with two attached hydrogens (primary N) is 1. The van der Waals surface area contributed by atoms with E-state index < -0.39 is 11.6 Å². The summed E-state index contributed by atoms with van der Waals surface area (Å²) in [5.74, 6) is 4.44. The van der Waals surface area contributed by atoms with Crippen LogP contribution in [0, 0.1) is 17.0 Å². The summed E-state index contributed by atoms with van der Waals surface area (Å²) in [7, 11) is 0. The average molecular weight is 256 g/mol. The lowest BCUT2D eigenvalue weighted by molar-refractivity contribution is 0.327. The van der Waals surface area contributed by atoms with Crippen LogP contribution < -0.4 is 11.3 Å². The summed E-state index contributed by atoms with van der Waals surface area (Å²) < 4.78 is 27.0. The predicted molar refractivity (Wildman–Crippen MR) is 69.9 cm³/mol. The summed E-state index contributed by atoms with van der Waals surface area (Å²) in [5, 5.41) is 0. The first-order valence-electron chi connectivity index (χ1n) is 6.22. The summed E-state index contributed by atoms with van der Waals surface area (Å²) in [6, 6.07) is 3.80. The summed E-state index contributed by atoms with van der Waals surface area (Å²) in [6.45, 7) is 6.39. The third-order valence-corrected chi connectivity index (χ3v) is 2.99. The van der Waals surface area contributed by atoms with Gasteiger partial charge in [0.1, 0.15) is 11.6 Å². The summed E-state index contributed by atoms with van der Waals surface area (Å²) in [5.41, 5.74) is 2.93. The van der Waals surface area contributed by atoms with Crippen LogP contribution in [0.3, 0.4) is 0 Å². The molecule has 3 N–H and O–H groups in total. The highest BCUT2D eigenvalue weighted by atomic mass is 19.1. The third kappa shape index (κ3) is 4.70. The smallest absolute Gasteiger partial charge is 0.129 e. The van der Waals surface area contributed by atoms with Crippen LogP contribution in [0.5, 0.6) is 0 Å². The fraction of sp³-hybridized carbons (Fsp3) is 0.571. The first kappa shape index (κ1) is 15.1. The van der Waals surface area contributed by atoms with E-state index in [2.05, 4.69) is 26.2 Å². The Kier molecular flexibility index (Phi) is 5.23. The van der Waals surface area contributed by atoms with Gasteiger partial charge in [-0.15, -0.1) is 0 Å². The van der Waals surface area contributed by atoms with Crippen LogP contribution in [0.15, 0.2) is 18.2 Å². The molecule has 0 aliphatic heterocycles. The molecule has 4 heteroatoms. The normalized spacial score (nSPS) is 13.7. The lowest BCUT2D eigenvalue weighted by Crippen LogP contribution is -2.37. The minimum absolute atomic E-state index is 0.106. The van der Waals surface area contributed by atoms with Crippen LogP contribution in [0.2, 0.25) is 0 Å². The Morgan fingerprint density at radius 1 is 1.22 bits per heavy atom. The van der Waals surface area contributed by atoms with Gasteiger partial charge in [-0.1, -0.05) is 26.8 Å². The highest BCUT2D eigenvalue weighted by Gasteiger charge is 2.18. The molecule has 1 atom stereocenters. The number of halogens is 2. The molecule has 2 nitrogen and oxygen atoms in total. The third-order valence-electron chi connectivity index (χ3n) is 2.99. The van der Waals surface area contributed by atoms with Crippen molar-refractivity contribution in [3.05, 3.63) is 35.4 Å². The van der Waals surface area contributed by atoms with Crippen LogP contribution in [-0.4, -0.2) is 6.04 Å². The molecule has 0 spiro atoms. The largest absolute Gasteiger partial charge is 0.271 e. The Balaban J connectivity index is 2.68. The van der Waals surface area contributed by atoms with Gasteiger partial charge in [-0.3, -0.25) is 11.3 Å². The minimum atomic E-state index is -0.508. The van der Waals surface area contributed by atoms with E-state index in [-0.39, 0.29) is 23.4 Å². The second-order valence-electron chi connectivity index (χ2n) is 5.87. The topological polar surface area (TPSA) is 38.0 Å². The second-order valence-corrected chi connectivity index (χ2v) is 5.87. The van der Waals surface area contributed by atoms with Crippen molar-refractivity contribution in [1.29, 1.82) is 0 Å². The minimum Gasteiger partial charge on any atom is -0.271 e. The molecule has 1 rings (SSSR count). The summed E-state index contributed by atoms with van der Waals surface area (Å²) in [4.78, 5) is 0. The maximum Gasteiger partial charge on any atom is 0.129 e. The molecule has 0 aromatic heterocycles. The molecule has 1 unspecified atom stereocenters. The van der Waals surface area contributed by atoms with E-state index in [1.165, 1.54) is 18.2 Å². The molecule has 0 heterocycles. The second kappa shape index (κ2) is 6.25. The van der Waals surface area contributed by atoms with Gasteiger partial charge in [-0.25, -0.2) is 8.78 Å². The van der Waals surface area contributed by atoms with E-state index in [9.17, 15) is 8.78 Å². The van der Waals surface area contributed by atoms with Gasteiger partial charge in [0.2, 0.25) is 0 Å². The lowest BCUT2D eigenvalue weighted by atomic mass is 9.87. The Hall–Kier alpha value is -1.00. The van der Waals surface area contributed by atoms with Crippen molar-refractivity contribution in [2.45, 2.75) is 46.1 Å². The first-order valence-corrected chi connectivity index (χ1v) is 6.22. The predicted octanol–water partition coefficient (Wildman–Crippen LogP) is 3.17. The van der Waals surface area contributed by atoms with Gasteiger partial charge in [0.05, 0.1) is 0 Å². The molecule has 1 aromatic rings. The van der Waals surface area contributed by atoms with E-state index >= 15 is 0 Å². The Labute approximate surface area is 108 Å². The van der Waals surface area contributed by atoms with E-state index in [0.29, 0.717) is 0 Å². The van der Waals surface area contributed by atoms with Gasteiger partial charge in [0.15, 0.2) is 0 Å². The van der Waals surface area contributed by atoms with Crippen molar-refractivity contribution in [2.75, 3.05) is 0 Å². The van der Waals surface area contributed by atoms with E-state index in [1.807, 2.05) is 0 Å². The number of benzene rings is 1. The molecule has 18 heavy (non-hydrogen) atoms. The number of hydrazine groups is 1. The van der Waals surface area contributed by atoms with Crippen LogP contribution >= 0.6 is 0 Å². The Morgan fingerprint density at radius 3 is 2.22 bits per heavy atom. The number of nitrogens with one attached hydrogen (secondary N) is 1. The molecular weight excluding hydrogens is 234 g/mol. The average Bonchev–Trinajstić information content (AvgIpc) is 2.26. The summed E-state index contributed by atoms with van der Waals surface area (Å²) in [6.07, 6.45) is 2.00. The first-order chi connectivity index (χ1) is 8.33. The van der Waals surface area contributed by atoms with Crippen LogP contribution in [0.1, 0.15) is 39.2 Å². The monoisotopic (exact) mass is 256 g/mol. The van der Waals surface area contributed by atoms with Gasteiger partial charge < -0.3 is 0 Å². The van der Waals surface area contributed by atoms with E-state index in [0.717, 1.165) is 12.8 Å². The van der Waals surface area contributed by atoms with Crippen LogP contribution in [-0.2, 0) is 6.42 Å². The van der Waals surface area contributed by atoms with Crippen molar-refractivity contribution in [3.63, 3.8) is 0 Å².